The fraction of sp³-hybridized carbons (Fsp3) is 0.533. The molecule has 0 radical (unpaired) electrons. The Morgan fingerprint density at radius 1 is 1.25 bits per heavy atom. The molecule has 0 atom stereocenters. The van der Waals surface area contributed by atoms with E-state index < -0.39 is 0 Å². The van der Waals surface area contributed by atoms with Gasteiger partial charge in [-0.3, -0.25) is 4.90 Å². The van der Waals surface area contributed by atoms with E-state index in [-0.39, 0.29) is 19.2 Å². The van der Waals surface area contributed by atoms with Crippen LogP contribution in [-0.2, 0) is 20.8 Å². The summed E-state index contributed by atoms with van der Waals surface area (Å²) < 4.78 is 10.0. The molecule has 1 aromatic rings. The molecule has 0 fully saturated rings. The van der Waals surface area contributed by atoms with Crippen molar-refractivity contribution in [3.8, 4) is 0 Å². The zero-order valence-corrected chi connectivity index (χ0v) is 12.0. The lowest BCUT2D eigenvalue weighted by atomic mass is 10.2. The van der Waals surface area contributed by atoms with Crippen molar-refractivity contribution in [1.29, 1.82) is 0 Å². The fourth-order valence-electron chi connectivity index (χ4n) is 1.80. The van der Waals surface area contributed by atoms with Crippen molar-refractivity contribution < 1.29 is 19.4 Å². The first-order valence-corrected chi connectivity index (χ1v) is 6.86. The maximum Gasteiger partial charge on any atom is 0.332 e. The highest BCUT2D eigenvalue weighted by molar-refractivity contribution is 5.70. The predicted molar refractivity (Wildman–Crippen MR) is 76.3 cm³/mol. The van der Waals surface area contributed by atoms with E-state index in [1.54, 1.807) is 6.92 Å². The van der Waals surface area contributed by atoms with Gasteiger partial charge in [0.05, 0.1) is 19.8 Å². The van der Waals surface area contributed by atoms with Gasteiger partial charge in [-0.15, -0.1) is 0 Å². The Hall–Kier alpha value is -1.43. The molecular weight excluding hydrogens is 258 g/mol. The lowest BCUT2D eigenvalue weighted by molar-refractivity contribution is -0.148. The van der Waals surface area contributed by atoms with Gasteiger partial charge >= 0.3 is 5.97 Å². The Morgan fingerprint density at radius 2 is 2.00 bits per heavy atom. The van der Waals surface area contributed by atoms with Crippen molar-refractivity contribution in [2.45, 2.75) is 13.5 Å². The van der Waals surface area contributed by atoms with E-state index in [1.165, 1.54) is 5.56 Å². The van der Waals surface area contributed by atoms with Gasteiger partial charge in [-0.1, -0.05) is 30.3 Å². The predicted octanol–water partition coefficient (Wildman–Crippen LogP) is 1.06. The largest absolute Gasteiger partial charge is 0.464 e. The topological polar surface area (TPSA) is 59.0 Å². The van der Waals surface area contributed by atoms with Gasteiger partial charge in [0.15, 0.2) is 0 Å². The molecule has 0 aliphatic carbocycles. The number of hydrogen-bond acceptors (Lipinski definition) is 5. The molecule has 0 bridgehead atoms. The van der Waals surface area contributed by atoms with Crippen LogP contribution in [0.2, 0.25) is 0 Å². The number of nitrogens with zero attached hydrogens (tertiary/aromatic N) is 1. The van der Waals surface area contributed by atoms with Gasteiger partial charge in [-0.05, 0) is 12.5 Å². The first-order valence-electron chi connectivity index (χ1n) is 6.86. The SMILES string of the molecule is CCOC(=O)COCCN(CCO)Cc1ccccc1. The van der Waals surface area contributed by atoms with Crippen LogP contribution in [0.25, 0.3) is 0 Å². The zero-order chi connectivity index (χ0) is 14.6. The molecule has 0 unspecified atom stereocenters. The van der Waals surface area contributed by atoms with E-state index in [0.717, 1.165) is 6.54 Å². The minimum Gasteiger partial charge on any atom is -0.464 e. The molecule has 0 aromatic heterocycles. The molecule has 0 aliphatic rings. The second kappa shape index (κ2) is 10.4. The second-order valence-corrected chi connectivity index (χ2v) is 4.34. The first-order chi connectivity index (χ1) is 9.76. The van der Waals surface area contributed by atoms with Gasteiger partial charge in [0.2, 0.25) is 0 Å². The average molecular weight is 281 g/mol. The Morgan fingerprint density at radius 3 is 2.65 bits per heavy atom. The number of aliphatic hydroxyl groups excluding tert-OH is 1. The minimum atomic E-state index is -0.343. The van der Waals surface area contributed by atoms with Crippen molar-refractivity contribution in [3.05, 3.63) is 35.9 Å². The summed E-state index contributed by atoms with van der Waals surface area (Å²) in [4.78, 5) is 13.2. The van der Waals surface area contributed by atoms with Crippen LogP contribution in [0.3, 0.4) is 0 Å². The third-order valence-electron chi connectivity index (χ3n) is 2.74. The summed E-state index contributed by atoms with van der Waals surface area (Å²) in [7, 11) is 0. The summed E-state index contributed by atoms with van der Waals surface area (Å²) in [6, 6.07) is 10.0. The molecule has 1 aromatic carbocycles. The van der Waals surface area contributed by atoms with Gasteiger partial charge < -0.3 is 14.6 Å². The molecule has 20 heavy (non-hydrogen) atoms. The number of rotatable bonds is 10. The van der Waals surface area contributed by atoms with Crippen LogP contribution in [0.4, 0.5) is 0 Å². The summed E-state index contributed by atoms with van der Waals surface area (Å²) in [6.45, 7) is 4.65. The van der Waals surface area contributed by atoms with Gasteiger partial charge in [-0.2, -0.15) is 0 Å². The number of benzene rings is 1. The maximum atomic E-state index is 11.1. The van der Waals surface area contributed by atoms with Crippen LogP contribution in [0.1, 0.15) is 12.5 Å². The number of ether oxygens (including phenoxy) is 2. The lowest BCUT2D eigenvalue weighted by Gasteiger charge is -2.21. The maximum absolute atomic E-state index is 11.1. The molecule has 0 saturated carbocycles. The van der Waals surface area contributed by atoms with Crippen LogP contribution in [0, 0.1) is 0 Å². The van der Waals surface area contributed by atoms with Crippen LogP contribution < -0.4 is 0 Å². The average Bonchev–Trinajstić information content (AvgIpc) is 2.45. The summed E-state index contributed by atoms with van der Waals surface area (Å²) in [5.41, 5.74) is 1.19. The van der Waals surface area contributed by atoms with Crippen LogP contribution >= 0.6 is 0 Å². The minimum absolute atomic E-state index is 0.0217. The Bertz CT molecular complexity index is 369. The summed E-state index contributed by atoms with van der Waals surface area (Å²) in [6.07, 6.45) is 0. The summed E-state index contributed by atoms with van der Waals surface area (Å²) in [5.74, 6) is -0.343. The van der Waals surface area contributed by atoms with E-state index in [2.05, 4.69) is 4.90 Å². The van der Waals surface area contributed by atoms with E-state index in [1.807, 2.05) is 30.3 Å². The van der Waals surface area contributed by atoms with Gasteiger partial charge in [0.25, 0.3) is 0 Å². The van der Waals surface area contributed by atoms with Gasteiger partial charge in [0.1, 0.15) is 6.61 Å². The van der Waals surface area contributed by atoms with Crippen LogP contribution in [0.15, 0.2) is 30.3 Å². The second-order valence-electron chi connectivity index (χ2n) is 4.34. The Balaban J connectivity index is 2.27. The van der Waals surface area contributed by atoms with Gasteiger partial charge in [0, 0.05) is 19.6 Å². The lowest BCUT2D eigenvalue weighted by Crippen LogP contribution is -2.30. The summed E-state index contributed by atoms with van der Waals surface area (Å²) in [5, 5.41) is 9.07. The highest BCUT2D eigenvalue weighted by Crippen LogP contribution is 2.03. The number of esters is 1. The molecule has 1 N–H and O–H groups in total. The molecule has 5 nitrogen and oxygen atoms in total. The zero-order valence-electron chi connectivity index (χ0n) is 12.0. The Kier molecular flexibility index (Phi) is 8.62. The van der Waals surface area contributed by atoms with E-state index in [0.29, 0.717) is 26.3 Å². The molecule has 0 aliphatic heterocycles. The number of carbonyl (C=O) groups excluding carboxylic acids is 1. The van der Waals surface area contributed by atoms with Crippen molar-refractivity contribution >= 4 is 5.97 Å². The monoisotopic (exact) mass is 281 g/mol. The highest BCUT2D eigenvalue weighted by Gasteiger charge is 2.06. The molecule has 112 valence electrons. The number of aliphatic hydroxyl groups is 1. The van der Waals surface area contributed by atoms with Gasteiger partial charge in [-0.25, -0.2) is 4.79 Å². The Labute approximate surface area is 120 Å². The molecule has 0 heterocycles. The van der Waals surface area contributed by atoms with Crippen molar-refractivity contribution in [2.75, 3.05) is 39.5 Å². The quantitative estimate of drug-likeness (QED) is 0.513. The molecule has 5 heteroatoms. The molecule has 0 saturated heterocycles. The van der Waals surface area contributed by atoms with E-state index in [4.69, 9.17) is 14.6 Å². The smallest absolute Gasteiger partial charge is 0.332 e. The molecule has 0 spiro atoms. The fourth-order valence-corrected chi connectivity index (χ4v) is 1.80. The molecule has 0 amide bonds. The number of hydrogen-bond donors (Lipinski definition) is 1. The van der Waals surface area contributed by atoms with E-state index >= 15 is 0 Å². The highest BCUT2D eigenvalue weighted by atomic mass is 16.6. The van der Waals surface area contributed by atoms with Crippen molar-refractivity contribution in [1.82, 2.24) is 4.90 Å². The third-order valence-corrected chi connectivity index (χ3v) is 2.74. The molecular formula is C15H23NO4. The van der Waals surface area contributed by atoms with E-state index in [9.17, 15) is 4.79 Å². The van der Waals surface area contributed by atoms with Crippen molar-refractivity contribution in [3.63, 3.8) is 0 Å². The third kappa shape index (κ3) is 7.23. The van der Waals surface area contributed by atoms with Crippen LogP contribution in [0.5, 0.6) is 0 Å². The number of carbonyl (C=O) groups is 1. The normalized spacial score (nSPS) is 10.8. The first kappa shape index (κ1) is 16.6. The van der Waals surface area contributed by atoms with Crippen LogP contribution in [-0.4, -0.2) is 55.5 Å². The molecule has 1 rings (SSSR count). The van der Waals surface area contributed by atoms with Crippen molar-refractivity contribution in [2.24, 2.45) is 0 Å². The summed E-state index contributed by atoms with van der Waals surface area (Å²) >= 11 is 0. The standard InChI is InChI=1S/C15H23NO4/c1-2-20-15(18)13-19-11-9-16(8-10-17)12-14-6-4-3-5-7-14/h3-7,17H,2,8-13H2,1H3.